The minimum absolute atomic E-state index is 0.0397. The van der Waals surface area contributed by atoms with Crippen LogP contribution in [0.25, 0.3) is 0 Å². The van der Waals surface area contributed by atoms with Crippen molar-refractivity contribution < 1.29 is 18.3 Å². The smallest absolute Gasteiger partial charge is 0.390 e. The van der Waals surface area contributed by atoms with Crippen LogP contribution in [0.3, 0.4) is 0 Å². The Morgan fingerprint density at radius 3 is 2.53 bits per heavy atom. The van der Waals surface area contributed by atoms with E-state index in [-0.39, 0.29) is 12.3 Å². The van der Waals surface area contributed by atoms with E-state index in [1.54, 1.807) is 24.1 Å². The summed E-state index contributed by atoms with van der Waals surface area (Å²) < 4.78 is 36.6. The summed E-state index contributed by atoms with van der Waals surface area (Å²) in [5.74, 6) is 0.117. The van der Waals surface area contributed by atoms with Crippen molar-refractivity contribution in [3.8, 4) is 5.75 Å². The second-order valence-corrected chi connectivity index (χ2v) is 4.74. The molecule has 0 spiro atoms. The molecule has 0 aliphatic heterocycles. The fourth-order valence-electron chi connectivity index (χ4n) is 1.36. The van der Waals surface area contributed by atoms with Gasteiger partial charge in [-0.2, -0.15) is 13.2 Å². The van der Waals surface area contributed by atoms with Crippen molar-refractivity contribution in [3.05, 3.63) is 28.2 Å². The topological polar surface area (TPSA) is 23.5 Å². The minimum Gasteiger partial charge on any atom is -0.507 e. The molecule has 17 heavy (non-hydrogen) atoms. The predicted octanol–water partition coefficient (Wildman–Crippen LogP) is 3.54. The zero-order chi connectivity index (χ0) is 13.1. The first kappa shape index (κ1) is 14.3. The second-order valence-electron chi connectivity index (χ2n) is 3.89. The number of halogens is 4. The van der Waals surface area contributed by atoms with E-state index < -0.39 is 12.6 Å². The molecule has 0 unspecified atom stereocenters. The fourth-order valence-corrected chi connectivity index (χ4v) is 1.78. The van der Waals surface area contributed by atoms with E-state index in [2.05, 4.69) is 15.9 Å². The molecule has 1 rings (SSSR count). The third-order valence-electron chi connectivity index (χ3n) is 2.24. The van der Waals surface area contributed by atoms with Gasteiger partial charge in [-0.25, -0.2) is 0 Å². The molecule has 0 aromatic heterocycles. The summed E-state index contributed by atoms with van der Waals surface area (Å²) in [5, 5.41) is 9.28. The van der Waals surface area contributed by atoms with Crippen LogP contribution in [0.1, 0.15) is 12.0 Å². The SMILES string of the molecule is CN(CCC(F)(F)F)Cc1ccc(O)c(Br)c1. The summed E-state index contributed by atoms with van der Waals surface area (Å²) >= 11 is 3.16. The van der Waals surface area contributed by atoms with Crippen LogP contribution in [0, 0.1) is 0 Å². The molecular formula is C11H13BrF3NO. The van der Waals surface area contributed by atoms with Crippen LogP contribution in [-0.2, 0) is 6.54 Å². The number of hydrogen-bond donors (Lipinski definition) is 1. The van der Waals surface area contributed by atoms with E-state index in [9.17, 15) is 18.3 Å². The summed E-state index contributed by atoms with van der Waals surface area (Å²) in [7, 11) is 1.63. The molecule has 0 atom stereocenters. The lowest BCUT2D eigenvalue weighted by Crippen LogP contribution is -2.24. The molecule has 0 fully saturated rings. The number of nitrogens with zero attached hydrogens (tertiary/aromatic N) is 1. The van der Waals surface area contributed by atoms with Gasteiger partial charge in [-0.15, -0.1) is 0 Å². The largest absolute Gasteiger partial charge is 0.507 e. The highest BCUT2D eigenvalue weighted by Gasteiger charge is 2.26. The number of alkyl halides is 3. The number of phenols is 1. The fraction of sp³-hybridized carbons (Fsp3) is 0.455. The number of benzene rings is 1. The van der Waals surface area contributed by atoms with Crippen LogP contribution >= 0.6 is 15.9 Å². The molecule has 96 valence electrons. The van der Waals surface area contributed by atoms with Crippen molar-refractivity contribution in [2.75, 3.05) is 13.6 Å². The van der Waals surface area contributed by atoms with Gasteiger partial charge in [0.1, 0.15) is 5.75 Å². The molecular weight excluding hydrogens is 299 g/mol. The molecule has 0 saturated carbocycles. The standard InChI is InChI=1S/C11H13BrF3NO/c1-16(5-4-11(13,14)15)7-8-2-3-10(17)9(12)6-8/h2-3,6,17H,4-5,7H2,1H3. The van der Waals surface area contributed by atoms with E-state index in [4.69, 9.17) is 0 Å². The van der Waals surface area contributed by atoms with E-state index in [0.29, 0.717) is 11.0 Å². The maximum atomic E-state index is 12.0. The molecule has 0 bridgehead atoms. The van der Waals surface area contributed by atoms with Crippen LogP contribution in [0.2, 0.25) is 0 Å². The molecule has 0 heterocycles. The van der Waals surface area contributed by atoms with Gasteiger partial charge < -0.3 is 10.0 Å². The Morgan fingerprint density at radius 2 is 2.00 bits per heavy atom. The zero-order valence-corrected chi connectivity index (χ0v) is 10.8. The van der Waals surface area contributed by atoms with E-state index in [1.807, 2.05) is 0 Å². The normalized spacial score (nSPS) is 12.1. The monoisotopic (exact) mass is 311 g/mol. The summed E-state index contributed by atoms with van der Waals surface area (Å²) in [5.41, 5.74) is 0.847. The van der Waals surface area contributed by atoms with Crippen LogP contribution in [-0.4, -0.2) is 29.8 Å². The van der Waals surface area contributed by atoms with Crippen molar-refractivity contribution >= 4 is 15.9 Å². The molecule has 0 amide bonds. The highest BCUT2D eigenvalue weighted by molar-refractivity contribution is 9.10. The quantitative estimate of drug-likeness (QED) is 0.919. The van der Waals surface area contributed by atoms with Gasteiger partial charge in [-0.1, -0.05) is 6.07 Å². The van der Waals surface area contributed by atoms with Crippen molar-refractivity contribution in [1.82, 2.24) is 4.90 Å². The van der Waals surface area contributed by atoms with Gasteiger partial charge in [0, 0.05) is 13.1 Å². The van der Waals surface area contributed by atoms with Crippen molar-refractivity contribution in [3.63, 3.8) is 0 Å². The molecule has 2 nitrogen and oxygen atoms in total. The minimum atomic E-state index is -4.12. The summed E-state index contributed by atoms with van der Waals surface area (Å²) in [6.07, 6.45) is -4.94. The molecule has 1 aromatic rings. The number of rotatable bonds is 4. The maximum absolute atomic E-state index is 12.0. The lowest BCUT2D eigenvalue weighted by molar-refractivity contribution is -0.137. The summed E-state index contributed by atoms with van der Waals surface area (Å²) in [6.45, 7) is 0.372. The van der Waals surface area contributed by atoms with Gasteiger partial charge in [-0.3, -0.25) is 0 Å². The first-order valence-electron chi connectivity index (χ1n) is 5.00. The Bertz CT molecular complexity index is 381. The predicted molar refractivity (Wildman–Crippen MR) is 62.8 cm³/mol. The average Bonchev–Trinajstić information content (AvgIpc) is 2.20. The lowest BCUT2D eigenvalue weighted by Gasteiger charge is -2.17. The average molecular weight is 312 g/mol. The van der Waals surface area contributed by atoms with Crippen LogP contribution in [0.15, 0.2) is 22.7 Å². The van der Waals surface area contributed by atoms with Crippen molar-refractivity contribution in [2.24, 2.45) is 0 Å². The third kappa shape index (κ3) is 5.41. The molecule has 1 N–H and O–H groups in total. The van der Waals surface area contributed by atoms with Crippen molar-refractivity contribution in [1.29, 1.82) is 0 Å². The van der Waals surface area contributed by atoms with Gasteiger partial charge >= 0.3 is 6.18 Å². The Hall–Kier alpha value is -0.750. The first-order valence-corrected chi connectivity index (χ1v) is 5.80. The lowest BCUT2D eigenvalue weighted by atomic mass is 10.2. The van der Waals surface area contributed by atoms with E-state index in [1.165, 1.54) is 6.07 Å². The van der Waals surface area contributed by atoms with Crippen LogP contribution in [0.5, 0.6) is 5.75 Å². The third-order valence-corrected chi connectivity index (χ3v) is 2.88. The summed E-state index contributed by atoms with van der Waals surface area (Å²) in [4.78, 5) is 1.59. The highest BCUT2D eigenvalue weighted by Crippen LogP contribution is 2.25. The number of phenolic OH excluding ortho intramolecular Hbond substituents is 1. The van der Waals surface area contributed by atoms with Crippen LogP contribution < -0.4 is 0 Å². The second kappa shape index (κ2) is 5.73. The first-order chi connectivity index (χ1) is 7.78. The van der Waals surface area contributed by atoms with E-state index >= 15 is 0 Å². The molecule has 0 aliphatic rings. The molecule has 6 heteroatoms. The molecule has 0 saturated heterocycles. The van der Waals surface area contributed by atoms with Gasteiger partial charge in [0.15, 0.2) is 0 Å². The maximum Gasteiger partial charge on any atom is 0.390 e. The molecule has 0 aliphatic carbocycles. The van der Waals surface area contributed by atoms with Gasteiger partial charge in [0.2, 0.25) is 0 Å². The number of hydrogen-bond acceptors (Lipinski definition) is 2. The molecule has 0 radical (unpaired) electrons. The Labute approximate surface area is 106 Å². The van der Waals surface area contributed by atoms with Crippen molar-refractivity contribution in [2.45, 2.75) is 19.1 Å². The Kier molecular flexibility index (Phi) is 4.82. The van der Waals surface area contributed by atoms with Gasteiger partial charge in [0.25, 0.3) is 0 Å². The van der Waals surface area contributed by atoms with E-state index in [0.717, 1.165) is 5.56 Å². The highest BCUT2D eigenvalue weighted by atomic mass is 79.9. The van der Waals surface area contributed by atoms with Crippen LogP contribution in [0.4, 0.5) is 13.2 Å². The summed E-state index contributed by atoms with van der Waals surface area (Å²) in [6, 6.07) is 4.89. The van der Waals surface area contributed by atoms with Gasteiger partial charge in [0.05, 0.1) is 10.9 Å². The Morgan fingerprint density at radius 1 is 1.35 bits per heavy atom. The molecule has 1 aromatic carbocycles. The van der Waals surface area contributed by atoms with Gasteiger partial charge in [-0.05, 0) is 40.7 Å². The zero-order valence-electron chi connectivity index (χ0n) is 9.26. The number of aromatic hydroxyl groups is 1. The Balaban J connectivity index is 2.50.